The number of hydrogen-bond acceptors (Lipinski definition) is 5. The second kappa shape index (κ2) is 6.64. The van der Waals surface area contributed by atoms with Gasteiger partial charge in [-0.15, -0.1) is 0 Å². The summed E-state index contributed by atoms with van der Waals surface area (Å²) in [5.41, 5.74) is 1.11. The van der Waals surface area contributed by atoms with Crippen LogP contribution in [0, 0.1) is 13.8 Å². The summed E-state index contributed by atoms with van der Waals surface area (Å²) in [5.74, 6) is 0.0632. The Morgan fingerprint density at radius 3 is 2.56 bits per heavy atom. The van der Waals surface area contributed by atoms with Gasteiger partial charge in [-0.05, 0) is 32.4 Å². The lowest BCUT2D eigenvalue weighted by molar-refractivity contribution is 0.0732. The molecular weight excluding hydrogens is 344 g/mol. The molecule has 0 aromatic carbocycles. The number of nitrogens with zero attached hydrogens (tertiary/aromatic N) is 4. The van der Waals surface area contributed by atoms with Gasteiger partial charge in [-0.1, -0.05) is 0 Å². The minimum atomic E-state index is -3.64. The molecule has 0 aliphatic carbocycles. The molecule has 3 rings (SSSR count). The van der Waals surface area contributed by atoms with Gasteiger partial charge < -0.3 is 9.32 Å². The molecule has 0 unspecified atom stereocenters. The monoisotopic (exact) mass is 366 g/mol. The van der Waals surface area contributed by atoms with Gasteiger partial charge in [0, 0.05) is 33.2 Å². The number of amides is 1. The fourth-order valence-corrected chi connectivity index (χ4v) is 5.02. The fraction of sp³-hybridized carbons (Fsp3) is 0.500. The molecule has 1 aliphatic heterocycles. The summed E-state index contributed by atoms with van der Waals surface area (Å²) in [7, 11) is -1.91. The number of carbonyl (C=O) groups is 1. The van der Waals surface area contributed by atoms with E-state index < -0.39 is 10.0 Å². The highest BCUT2D eigenvalue weighted by Gasteiger charge is 2.32. The molecule has 0 saturated carbocycles. The lowest BCUT2D eigenvalue weighted by Gasteiger charge is -2.21. The van der Waals surface area contributed by atoms with Gasteiger partial charge in [-0.2, -0.15) is 9.40 Å². The first-order valence-corrected chi connectivity index (χ1v) is 9.59. The van der Waals surface area contributed by atoms with Crippen LogP contribution in [0.25, 0.3) is 0 Å². The van der Waals surface area contributed by atoms with Crippen LogP contribution in [0.3, 0.4) is 0 Å². The van der Waals surface area contributed by atoms with E-state index in [9.17, 15) is 13.2 Å². The third kappa shape index (κ3) is 3.21. The van der Waals surface area contributed by atoms with Crippen molar-refractivity contribution in [2.75, 3.05) is 26.2 Å². The van der Waals surface area contributed by atoms with Crippen LogP contribution in [0.15, 0.2) is 27.7 Å². The maximum atomic E-state index is 13.1. The molecule has 1 saturated heterocycles. The number of hydrogen-bond donors (Lipinski definition) is 0. The Morgan fingerprint density at radius 2 is 1.96 bits per heavy atom. The second-order valence-electron chi connectivity index (χ2n) is 6.15. The van der Waals surface area contributed by atoms with Crippen molar-refractivity contribution in [3.8, 4) is 0 Å². The summed E-state index contributed by atoms with van der Waals surface area (Å²) < 4.78 is 34.3. The van der Waals surface area contributed by atoms with E-state index in [2.05, 4.69) is 5.10 Å². The summed E-state index contributed by atoms with van der Waals surface area (Å²) in [5, 5.41) is 4.21. The number of aromatic nitrogens is 2. The summed E-state index contributed by atoms with van der Waals surface area (Å²) >= 11 is 0. The Labute approximate surface area is 147 Å². The van der Waals surface area contributed by atoms with Gasteiger partial charge in [0.05, 0.1) is 17.7 Å². The Kier molecular flexibility index (Phi) is 4.70. The predicted molar refractivity (Wildman–Crippen MR) is 90.7 cm³/mol. The summed E-state index contributed by atoms with van der Waals surface area (Å²) in [4.78, 5) is 14.3. The molecule has 1 aliphatic rings. The molecule has 0 atom stereocenters. The Balaban J connectivity index is 1.80. The molecule has 0 N–H and O–H groups in total. The smallest absolute Gasteiger partial charge is 0.289 e. The van der Waals surface area contributed by atoms with Crippen LogP contribution < -0.4 is 0 Å². The maximum absolute atomic E-state index is 13.1. The van der Waals surface area contributed by atoms with E-state index in [4.69, 9.17) is 4.42 Å². The quantitative estimate of drug-likeness (QED) is 0.813. The first-order chi connectivity index (χ1) is 11.8. The highest BCUT2D eigenvalue weighted by atomic mass is 32.2. The van der Waals surface area contributed by atoms with E-state index in [0.29, 0.717) is 37.4 Å². The SMILES string of the molecule is Cc1nn(C)c(C)c1S(=O)(=O)N1CCCN(C(=O)c2ccco2)CC1. The van der Waals surface area contributed by atoms with Gasteiger partial charge in [0.2, 0.25) is 10.0 Å². The number of sulfonamides is 1. The van der Waals surface area contributed by atoms with Gasteiger partial charge in [0.15, 0.2) is 5.76 Å². The van der Waals surface area contributed by atoms with Crippen molar-refractivity contribution in [1.29, 1.82) is 0 Å². The summed E-state index contributed by atoms with van der Waals surface area (Å²) in [6.07, 6.45) is 2.03. The number of carbonyl (C=O) groups excluding carboxylic acids is 1. The highest BCUT2D eigenvalue weighted by molar-refractivity contribution is 7.89. The van der Waals surface area contributed by atoms with E-state index in [-0.39, 0.29) is 23.1 Å². The third-order valence-corrected chi connectivity index (χ3v) is 6.67. The number of furan rings is 1. The normalized spacial score (nSPS) is 16.8. The van der Waals surface area contributed by atoms with Crippen molar-refractivity contribution < 1.29 is 17.6 Å². The average molecular weight is 366 g/mol. The van der Waals surface area contributed by atoms with Gasteiger partial charge in [0.25, 0.3) is 5.91 Å². The lowest BCUT2D eigenvalue weighted by atomic mass is 10.3. The van der Waals surface area contributed by atoms with Crippen LogP contribution in [0.2, 0.25) is 0 Å². The van der Waals surface area contributed by atoms with Crippen molar-refractivity contribution in [3.05, 3.63) is 35.5 Å². The van der Waals surface area contributed by atoms with Crippen LogP contribution in [0.1, 0.15) is 28.4 Å². The molecule has 9 heteroatoms. The van der Waals surface area contributed by atoms with Crippen LogP contribution in [0.5, 0.6) is 0 Å². The Hall–Kier alpha value is -2.13. The van der Waals surface area contributed by atoms with E-state index >= 15 is 0 Å². The molecule has 2 aromatic rings. The zero-order valence-electron chi connectivity index (χ0n) is 14.6. The molecule has 136 valence electrons. The average Bonchev–Trinajstić information content (AvgIpc) is 3.08. The summed E-state index contributed by atoms with van der Waals surface area (Å²) in [6, 6.07) is 3.28. The van der Waals surface area contributed by atoms with Crippen LogP contribution in [-0.2, 0) is 17.1 Å². The highest BCUT2D eigenvalue weighted by Crippen LogP contribution is 2.24. The first-order valence-electron chi connectivity index (χ1n) is 8.15. The van der Waals surface area contributed by atoms with Crippen LogP contribution in [0.4, 0.5) is 0 Å². The predicted octanol–water partition coefficient (Wildman–Crippen LogP) is 1.17. The molecule has 8 nitrogen and oxygen atoms in total. The van der Waals surface area contributed by atoms with E-state index in [1.807, 2.05) is 0 Å². The largest absolute Gasteiger partial charge is 0.459 e. The van der Waals surface area contributed by atoms with Crippen molar-refractivity contribution >= 4 is 15.9 Å². The van der Waals surface area contributed by atoms with Gasteiger partial charge in [-0.3, -0.25) is 9.48 Å². The van der Waals surface area contributed by atoms with Gasteiger partial charge in [-0.25, -0.2) is 8.42 Å². The fourth-order valence-electron chi connectivity index (χ4n) is 3.15. The molecule has 1 fully saturated rings. The second-order valence-corrected chi connectivity index (χ2v) is 8.03. The van der Waals surface area contributed by atoms with E-state index in [1.54, 1.807) is 42.6 Å². The number of aryl methyl sites for hydroxylation is 2. The third-order valence-electron chi connectivity index (χ3n) is 4.51. The maximum Gasteiger partial charge on any atom is 0.289 e. The first kappa shape index (κ1) is 17.7. The Morgan fingerprint density at radius 1 is 1.20 bits per heavy atom. The van der Waals surface area contributed by atoms with Crippen LogP contribution in [-0.4, -0.2) is 59.5 Å². The van der Waals surface area contributed by atoms with Crippen LogP contribution >= 0.6 is 0 Å². The van der Waals surface area contributed by atoms with E-state index in [1.165, 1.54) is 10.6 Å². The standard InChI is InChI=1S/C16H22N4O4S/c1-12-15(13(2)18(3)17-12)25(22,23)20-8-5-7-19(9-10-20)16(21)14-6-4-11-24-14/h4,6,11H,5,7-10H2,1-3H3. The summed E-state index contributed by atoms with van der Waals surface area (Å²) in [6.45, 7) is 4.90. The van der Waals surface area contributed by atoms with Crippen molar-refractivity contribution in [2.24, 2.45) is 7.05 Å². The minimum absolute atomic E-state index is 0.210. The van der Waals surface area contributed by atoms with Gasteiger partial charge in [0.1, 0.15) is 4.90 Å². The molecule has 2 aromatic heterocycles. The zero-order chi connectivity index (χ0) is 18.2. The molecular formula is C16H22N4O4S. The number of rotatable bonds is 3. The molecule has 3 heterocycles. The zero-order valence-corrected chi connectivity index (χ0v) is 15.4. The molecule has 0 bridgehead atoms. The topological polar surface area (TPSA) is 88.7 Å². The Bertz CT molecular complexity index is 870. The van der Waals surface area contributed by atoms with Crippen molar-refractivity contribution in [1.82, 2.24) is 19.0 Å². The van der Waals surface area contributed by atoms with Gasteiger partial charge >= 0.3 is 0 Å². The lowest BCUT2D eigenvalue weighted by Crippen LogP contribution is -2.37. The molecule has 25 heavy (non-hydrogen) atoms. The van der Waals surface area contributed by atoms with Crippen molar-refractivity contribution in [3.63, 3.8) is 0 Å². The molecule has 0 radical (unpaired) electrons. The molecule has 1 amide bonds. The van der Waals surface area contributed by atoms with E-state index in [0.717, 1.165) is 0 Å². The molecule has 0 spiro atoms. The van der Waals surface area contributed by atoms with Crippen molar-refractivity contribution in [2.45, 2.75) is 25.2 Å². The minimum Gasteiger partial charge on any atom is -0.459 e.